The number of methoxy groups -OCH3 is 1. The maximum absolute atomic E-state index is 11.5. The molecule has 1 rings (SSSR count). The molecule has 0 saturated heterocycles. The molecule has 0 spiro atoms. The Morgan fingerprint density at radius 3 is 2.88 bits per heavy atom. The fraction of sp³-hybridized carbons (Fsp3) is 0.357. The van der Waals surface area contributed by atoms with Crippen LogP contribution >= 0.6 is 0 Å². The van der Waals surface area contributed by atoms with Crippen LogP contribution in [0.5, 0.6) is 5.75 Å². The van der Waals surface area contributed by atoms with Gasteiger partial charge in [-0.1, -0.05) is 12.1 Å². The van der Waals surface area contributed by atoms with E-state index in [0.29, 0.717) is 17.9 Å². The Morgan fingerprint density at radius 2 is 2.24 bits per heavy atom. The fourth-order valence-electron chi connectivity index (χ4n) is 1.44. The van der Waals surface area contributed by atoms with Crippen LogP contribution in [-0.4, -0.2) is 19.7 Å². The van der Waals surface area contributed by atoms with Crippen molar-refractivity contribution in [3.8, 4) is 5.75 Å². The maximum atomic E-state index is 11.5. The summed E-state index contributed by atoms with van der Waals surface area (Å²) < 4.78 is 10.3. The SMILES string of the molecule is C=CCCCOc1cc(C)ccc1C(=O)OC. The van der Waals surface area contributed by atoms with E-state index in [1.807, 2.05) is 25.1 Å². The Kier molecular flexibility index (Phi) is 5.27. The lowest BCUT2D eigenvalue weighted by molar-refractivity contribution is 0.0596. The molecular weight excluding hydrogens is 216 g/mol. The largest absolute Gasteiger partial charge is 0.493 e. The molecule has 3 heteroatoms. The average Bonchev–Trinajstić information content (AvgIpc) is 2.34. The van der Waals surface area contributed by atoms with E-state index in [2.05, 4.69) is 6.58 Å². The van der Waals surface area contributed by atoms with Crippen molar-refractivity contribution < 1.29 is 14.3 Å². The molecule has 1 aromatic carbocycles. The zero-order chi connectivity index (χ0) is 12.7. The standard InChI is InChI=1S/C14H18O3/c1-4-5-6-9-17-13-10-11(2)7-8-12(13)14(15)16-3/h4,7-8,10H,1,5-6,9H2,2-3H3. The molecule has 0 amide bonds. The van der Waals surface area contributed by atoms with E-state index in [1.165, 1.54) is 7.11 Å². The molecule has 0 aliphatic heterocycles. The first kappa shape index (κ1) is 13.3. The van der Waals surface area contributed by atoms with Crippen LogP contribution < -0.4 is 4.74 Å². The molecular formula is C14H18O3. The smallest absolute Gasteiger partial charge is 0.341 e. The summed E-state index contributed by atoms with van der Waals surface area (Å²) in [6.07, 6.45) is 3.64. The third-order valence-corrected chi connectivity index (χ3v) is 2.35. The quantitative estimate of drug-likeness (QED) is 0.431. The van der Waals surface area contributed by atoms with Crippen LogP contribution in [-0.2, 0) is 4.74 Å². The summed E-state index contributed by atoms with van der Waals surface area (Å²) in [6.45, 7) is 6.17. The summed E-state index contributed by atoms with van der Waals surface area (Å²) in [5, 5.41) is 0. The van der Waals surface area contributed by atoms with Gasteiger partial charge in [-0.2, -0.15) is 0 Å². The molecule has 3 nitrogen and oxygen atoms in total. The second-order valence-corrected chi connectivity index (χ2v) is 3.77. The molecule has 0 fully saturated rings. The van der Waals surface area contributed by atoms with Crippen molar-refractivity contribution in [1.82, 2.24) is 0 Å². The van der Waals surface area contributed by atoms with Crippen LogP contribution in [0.3, 0.4) is 0 Å². The van der Waals surface area contributed by atoms with Crippen molar-refractivity contribution in [2.24, 2.45) is 0 Å². The topological polar surface area (TPSA) is 35.5 Å². The molecule has 1 aromatic rings. The summed E-state index contributed by atoms with van der Waals surface area (Å²) in [7, 11) is 1.36. The highest BCUT2D eigenvalue weighted by Gasteiger charge is 2.12. The van der Waals surface area contributed by atoms with Crippen LogP contribution in [0.2, 0.25) is 0 Å². The first-order valence-corrected chi connectivity index (χ1v) is 5.61. The highest BCUT2D eigenvalue weighted by Crippen LogP contribution is 2.21. The van der Waals surface area contributed by atoms with Gasteiger partial charge in [-0.15, -0.1) is 6.58 Å². The molecule has 0 aliphatic carbocycles. The van der Waals surface area contributed by atoms with Gasteiger partial charge in [0.15, 0.2) is 0 Å². The maximum Gasteiger partial charge on any atom is 0.341 e. The van der Waals surface area contributed by atoms with Gasteiger partial charge in [-0.05, 0) is 37.5 Å². The van der Waals surface area contributed by atoms with Crippen molar-refractivity contribution in [2.75, 3.05) is 13.7 Å². The van der Waals surface area contributed by atoms with Gasteiger partial charge < -0.3 is 9.47 Å². The number of carbonyl (C=O) groups is 1. The average molecular weight is 234 g/mol. The van der Waals surface area contributed by atoms with Gasteiger partial charge in [0.05, 0.1) is 13.7 Å². The minimum Gasteiger partial charge on any atom is -0.493 e. The van der Waals surface area contributed by atoms with E-state index < -0.39 is 0 Å². The molecule has 0 radical (unpaired) electrons. The summed E-state index contributed by atoms with van der Waals surface area (Å²) >= 11 is 0. The van der Waals surface area contributed by atoms with Gasteiger partial charge >= 0.3 is 5.97 Å². The van der Waals surface area contributed by atoms with E-state index in [0.717, 1.165) is 18.4 Å². The Bertz CT molecular complexity index is 396. The van der Waals surface area contributed by atoms with E-state index in [1.54, 1.807) is 6.07 Å². The molecule has 92 valence electrons. The lowest BCUT2D eigenvalue weighted by atomic mass is 10.1. The number of rotatable bonds is 6. The number of unbranched alkanes of at least 4 members (excludes halogenated alkanes) is 1. The summed E-state index contributed by atoms with van der Waals surface area (Å²) in [5.41, 5.74) is 1.52. The Balaban J connectivity index is 2.76. The first-order valence-electron chi connectivity index (χ1n) is 5.61. The van der Waals surface area contributed by atoms with E-state index in [-0.39, 0.29) is 5.97 Å². The van der Waals surface area contributed by atoms with Gasteiger partial charge in [0.2, 0.25) is 0 Å². The van der Waals surface area contributed by atoms with Crippen LogP contribution in [0.15, 0.2) is 30.9 Å². The van der Waals surface area contributed by atoms with E-state index in [9.17, 15) is 4.79 Å². The van der Waals surface area contributed by atoms with Gasteiger partial charge in [-0.3, -0.25) is 0 Å². The van der Waals surface area contributed by atoms with Gasteiger partial charge in [0.1, 0.15) is 11.3 Å². The number of benzene rings is 1. The predicted molar refractivity (Wildman–Crippen MR) is 67.4 cm³/mol. The minimum atomic E-state index is -0.372. The third kappa shape index (κ3) is 3.94. The fourth-order valence-corrected chi connectivity index (χ4v) is 1.44. The van der Waals surface area contributed by atoms with Gasteiger partial charge in [0, 0.05) is 0 Å². The predicted octanol–water partition coefficient (Wildman–Crippen LogP) is 3.13. The Morgan fingerprint density at radius 1 is 1.47 bits per heavy atom. The molecule has 0 aromatic heterocycles. The van der Waals surface area contributed by atoms with Gasteiger partial charge in [0.25, 0.3) is 0 Å². The molecule has 0 unspecified atom stereocenters. The van der Waals surface area contributed by atoms with Crippen molar-refractivity contribution >= 4 is 5.97 Å². The molecule has 0 N–H and O–H groups in total. The third-order valence-electron chi connectivity index (χ3n) is 2.35. The number of esters is 1. The highest BCUT2D eigenvalue weighted by atomic mass is 16.5. The van der Waals surface area contributed by atoms with Crippen molar-refractivity contribution in [2.45, 2.75) is 19.8 Å². The van der Waals surface area contributed by atoms with Crippen molar-refractivity contribution in [3.63, 3.8) is 0 Å². The summed E-state index contributed by atoms with van der Waals surface area (Å²) in [4.78, 5) is 11.5. The molecule has 0 saturated carbocycles. The number of allylic oxidation sites excluding steroid dienone is 1. The molecule has 0 bridgehead atoms. The number of carbonyl (C=O) groups excluding carboxylic acids is 1. The Labute approximate surface area is 102 Å². The summed E-state index contributed by atoms with van der Waals surface area (Å²) in [5.74, 6) is 0.213. The van der Waals surface area contributed by atoms with Crippen LogP contribution in [0.4, 0.5) is 0 Å². The number of hydrogen-bond donors (Lipinski definition) is 0. The zero-order valence-corrected chi connectivity index (χ0v) is 10.4. The lowest BCUT2D eigenvalue weighted by Crippen LogP contribution is -2.06. The molecule has 0 atom stereocenters. The minimum absolute atomic E-state index is 0.372. The van der Waals surface area contributed by atoms with Crippen LogP contribution in [0, 0.1) is 6.92 Å². The van der Waals surface area contributed by atoms with Crippen LogP contribution in [0.1, 0.15) is 28.8 Å². The monoisotopic (exact) mass is 234 g/mol. The van der Waals surface area contributed by atoms with E-state index >= 15 is 0 Å². The van der Waals surface area contributed by atoms with E-state index in [4.69, 9.17) is 9.47 Å². The number of hydrogen-bond acceptors (Lipinski definition) is 3. The molecule has 17 heavy (non-hydrogen) atoms. The second kappa shape index (κ2) is 6.74. The van der Waals surface area contributed by atoms with Crippen molar-refractivity contribution in [3.05, 3.63) is 42.0 Å². The van der Waals surface area contributed by atoms with Gasteiger partial charge in [-0.25, -0.2) is 4.79 Å². The number of ether oxygens (including phenoxy) is 2. The Hall–Kier alpha value is -1.77. The first-order chi connectivity index (χ1) is 8.19. The summed E-state index contributed by atoms with van der Waals surface area (Å²) in [6, 6.07) is 5.44. The van der Waals surface area contributed by atoms with Crippen molar-refractivity contribution in [1.29, 1.82) is 0 Å². The number of aryl methyl sites for hydroxylation is 1. The molecule has 0 heterocycles. The molecule has 0 aliphatic rings. The van der Waals surface area contributed by atoms with Crippen LogP contribution in [0.25, 0.3) is 0 Å². The second-order valence-electron chi connectivity index (χ2n) is 3.77. The lowest BCUT2D eigenvalue weighted by Gasteiger charge is -2.10. The normalized spacial score (nSPS) is 9.76. The zero-order valence-electron chi connectivity index (χ0n) is 10.4. The highest BCUT2D eigenvalue weighted by molar-refractivity contribution is 5.92.